The number of benzene rings is 1. The predicted octanol–water partition coefficient (Wildman–Crippen LogP) is 2.79. The van der Waals surface area contributed by atoms with Gasteiger partial charge in [0.05, 0.1) is 11.0 Å². The van der Waals surface area contributed by atoms with Gasteiger partial charge >= 0.3 is 0 Å². The molecule has 0 aliphatic heterocycles. The second kappa shape index (κ2) is 5.16. The topological polar surface area (TPSA) is 69.4 Å². The average molecular weight is 249 g/mol. The molecule has 1 saturated carbocycles. The van der Waals surface area contributed by atoms with Gasteiger partial charge in [-0.05, 0) is 31.4 Å². The fourth-order valence-electron chi connectivity index (χ4n) is 2.09. The van der Waals surface area contributed by atoms with Crippen LogP contribution in [0.5, 0.6) is 5.75 Å². The summed E-state index contributed by atoms with van der Waals surface area (Å²) < 4.78 is 5.72. The molecule has 5 heteroatoms. The number of Topliss-reactive ketones (excluding diaryl/α,β-unsaturated/α-hetero) is 1. The number of rotatable bonds is 3. The number of nitro groups is 1. The fraction of sp³-hybridized carbons (Fsp3) is 0.462. The second-order valence-corrected chi connectivity index (χ2v) is 4.58. The van der Waals surface area contributed by atoms with Crippen molar-refractivity contribution < 1.29 is 14.5 Å². The summed E-state index contributed by atoms with van der Waals surface area (Å²) in [6, 6.07) is 4.54. The quantitative estimate of drug-likeness (QED) is 0.610. The average Bonchev–Trinajstić information content (AvgIpc) is 2.31. The van der Waals surface area contributed by atoms with Crippen LogP contribution in [0.2, 0.25) is 0 Å². The molecule has 2 rings (SSSR count). The van der Waals surface area contributed by atoms with E-state index in [4.69, 9.17) is 4.74 Å². The number of hydrogen-bond acceptors (Lipinski definition) is 4. The highest BCUT2D eigenvalue weighted by atomic mass is 16.6. The van der Waals surface area contributed by atoms with Gasteiger partial charge in [0.25, 0.3) is 5.69 Å². The van der Waals surface area contributed by atoms with Gasteiger partial charge in [0.2, 0.25) is 0 Å². The highest BCUT2D eigenvalue weighted by molar-refractivity contribution is 5.79. The first-order chi connectivity index (χ1) is 8.56. The zero-order valence-corrected chi connectivity index (χ0v) is 10.2. The Kier molecular flexibility index (Phi) is 3.60. The van der Waals surface area contributed by atoms with Gasteiger partial charge in [-0.3, -0.25) is 14.9 Å². The normalized spacial score (nSPS) is 19.6. The Morgan fingerprint density at radius 3 is 2.89 bits per heavy atom. The molecule has 1 unspecified atom stereocenters. The smallest absolute Gasteiger partial charge is 0.273 e. The maximum Gasteiger partial charge on any atom is 0.273 e. The third-order valence-electron chi connectivity index (χ3n) is 3.11. The summed E-state index contributed by atoms with van der Waals surface area (Å²) in [5.74, 6) is 0.707. The number of carbonyl (C=O) groups excluding carboxylic acids is 1. The number of hydrogen-bond donors (Lipinski definition) is 0. The molecule has 96 valence electrons. The second-order valence-electron chi connectivity index (χ2n) is 4.58. The van der Waals surface area contributed by atoms with Crippen molar-refractivity contribution in [3.8, 4) is 5.75 Å². The number of nitro benzene ring substituents is 1. The number of non-ortho nitro benzene ring substituents is 1. The first-order valence-corrected chi connectivity index (χ1v) is 5.99. The van der Waals surface area contributed by atoms with E-state index in [0.717, 1.165) is 18.4 Å². The van der Waals surface area contributed by atoms with Crippen molar-refractivity contribution in [1.29, 1.82) is 0 Å². The van der Waals surface area contributed by atoms with E-state index < -0.39 is 4.92 Å². The van der Waals surface area contributed by atoms with Crippen LogP contribution in [0, 0.1) is 17.0 Å². The Morgan fingerprint density at radius 1 is 1.44 bits per heavy atom. The van der Waals surface area contributed by atoms with Gasteiger partial charge in [-0.2, -0.15) is 0 Å². The Balaban J connectivity index is 2.14. The van der Waals surface area contributed by atoms with Crippen LogP contribution < -0.4 is 4.74 Å². The lowest BCUT2D eigenvalue weighted by atomic mass is 9.96. The summed E-state index contributed by atoms with van der Waals surface area (Å²) in [5.41, 5.74) is 0.858. The lowest BCUT2D eigenvalue weighted by Crippen LogP contribution is -2.25. The Morgan fingerprint density at radius 2 is 2.22 bits per heavy atom. The van der Waals surface area contributed by atoms with Gasteiger partial charge < -0.3 is 4.74 Å². The zero-order chi connectivity index (χ0) is 13.1. The van der Waals surface area contributed by atoms with E-state index in [2.05, 4.69) is 0 Å². The molecule has 0 aromatic heterocycles. The minimum Gasteiger partial charge on any atom is -0.489 e. The van der Waals surface area contributed by atoms with Crippen molar-refractivity contribution in [2.45, 2.75) is 38.7 Å². The molecule has 1 aromatic carbocycles. The minimum atomic E-state index is -0.446. The van der Waals surface area contributed by atoms with Gasteiger partial charge in [0.15, 0.2) is 0 Å². The largest absolute Gasteiger partial charge is 0.489 e. The lowest BCUT2D eigenvalue weighted by Gasteiger charge is -2.23. The van der Waals surface area contributed by atoms with Crippen molar-refractivity contribution in [3.05, 3.63) is 33.9 Å². The van der Waals surface area contributed by atoms with Crippen molar-refractivity contribution in [2.75, 3.05) is 0 Å². The summed E-state index contributed by atoms with van der Waals surface area (Å²) >= 11 is 0. The fourth-order valence-corrected chi connectivity index (χ4v) is 2.09. The third-order valence-corrected chi connectivity index (χ3v) is 3.11. The van der Waals surface area contributed by atoms with Crippen LogP contribution in [0.15, 0.2) is 18.2 Å². The molecule has 0 saturated heterocycles. The van der Waals surface area contributed by atoms with Crippen molar-refractivity contribution in [3.63, 3.8) is 0 Å². The van der Waals surface area contributed by atoms with Crippen LogP contribution >= 0.6 is 0 Å². The molecule has 0 amide bonds. The van der Waals surface area contributed by atoms with Crippen molar-refractivity contribution >= 4 is 11.5 Å². The van der Waals surface area contributed by atoms with E-state index in [1.54, 1.807) is 6.07 Å². The van der Waals surface area contributed by atoms with E-state index in [1.165, 1.54) is 12.1 Å². The number of nitrogens with zero attached hydrogens (tertiary/aromatic N) is 1. The Hall–Kier alpha value is -1.91. The first-order valence-electron chi connectivity index (χ1n) is 5.99. The molecule has 1 aromatic rings. The molecular formula is C13H15NO4. The predicted molar refractivity (Wildman–Crippen MR) is 65.7 cm³/mol. The van der Waals surface area contributed by atoms with E-state index in [-0.39, 0.29) is 17.6 Å². The first kappa shape index (κ1) is 12.5. The van der Waals surface area contributed by atoms with E-state index >= 15 is 0 Å². The molecule has 1 aliphatic rings. The lowest BCUT2D eigenvalue weighted by molar-refractivity contribution is -0.385. The van der Waals surface area contributed by atoms with E-state index in [0.29, 0.717) is 18.6 Å². The maximum atomic E-state index is 11.3. The highest BCUT2D eigenvalue weighted by Crippen LogP contribution is 2.28. The van der Waals surface area contributed by atoms with Gasteiger partial charge in [-0.1, -0.05) is 0 Å². The summed E-state index contributed by atoms with van der Waals surface area (Å²) in [6.07, 6.45) is 2.54. The molecule has 18 heavy (non-hydrogen) atoms. The minimum absolute atomic E-state index is 0.0118. The number of carbonyl (C=O) groups is 1. The maximum absolute atomic E-state index is 11.3. The molecule has 0 heterocycles. The summed E-state index contributed by atoms with van der Waals surface area (Å²) in [7, 11) is 0. The Labute approximate surface area is 105 Å². The molecule has 0 radical (unpaired) electrons. The summed E-state index contributed by atoms with van der Waals surface area (Å²) in [4.78, 5) is 21.6. The van der Waals surface area contributed by atoms with Gasteiger partial charge in [-0.15, -0.1) is 0 Å². The van der Waals surface area contributed by atoms with Crippen LogP contribution in [-0.4, -0.2) is 16.8 Å². The molecule has 1 aliphatic carbocycles. The molecular weight excluding hydrogens is 234 g/mol. The van der Waals surface area contributed by atoms with Gasteiger partial charge in [-0.25, -0.2) is 0 Å². The summed E-state index contributed by atoms with van der Waals surface area (Å²) in [6.45, 7) is 1.84. The SMILES string of the molecule is Cc1ccc([N+](=O)[O-])cc1OC1CCCC(=O)C1. The number of ether oxygens (including phenoxy) is 1. The number of aryl methyl sites for hydroxylation is 1. The molecule has 1 fully saturated rings. The van der Waals surface area contributed by atoms with Crippen LogP contribution in [0.4, 0.5) is 5.69 Å². The van der Waals surface area contributed by atoms with Crippen LogP contribution in [0.3, 0.4) is 0 Å². The van der Waals surface area contributed by atoms with Crippen molar-refractivity contribution in [2.24, 2.45) is 0 Å². The monoisotopic (exact) mass is 249 g/mol. The van der Waals surface area contributed by atoms with Crippen LogP contribution in [0.25, 0.3) is 0 Å². The molecule has 1 atom stereocenters. The van der Waals surface area contributed by atoms with Gasteiger partial charge in [0.1, 0.15) is 17.6 Å². The van der Waals surface area contributed by atoms with Crippen molar-refractivity contribution in [1.82, 2.24) is 0 Å². The molecule has 0 spiro atoms. The molecule has 5 nitrogen and oxygen atoms in total. The van der Waals surface area contributed by atoms with Crippen LogP contribution in [0.1, 0.15) is 31.2 Å². The van der Waals surface area contributed by atoms with E-state index in [1.807, 2.05) is 6.92 Å². The number of ketones is 1. The molecule has 0 N–H and O–H groups in total. The summed E-state index contributed by atoms with van der Waals surface area (Å²) in [5, 5.41) is 10.7. The Bertz CT molecular complexity index is 484. The highest BCUT2D eigenvalue weighted by Gasteiger charge is 2.22. The third kappa shape index (κ3) is 2.85. The van der Waals surface area contributed by atoms with E-state index in [9.17, 15) is 14.9 Å². The zero-order valence-electron chi connectivity index (χ0n) is 10.2. The van der Waals surface area contributed by atoms with Crippen LogP contribution in [-0.2, 0) is 4.79 Å². The standard InChI is InChI=1S/C13H15NO4/c1-9-5-6-10(14(16)17)7-13(9)18-12-4-2-3-11(15)8-12/h5-7,12H,2-4,8H2,1H3. The molecule has 0 bridgehead atoms. The van der Waals surface area contributed by atoms with Gasteiger partial charge in [0, 0.05) is 18.9 Å².